The molecule has 0 aliphatic carbocycles. The summed E-state index contributed by atoms with van der Waals surface area (Å²) in [5.74, 6) is 0.0114. The van der Waals surface area contributed by atoms with Gasteiger partial charge in [0.15, 0.2) is 5.78 Å². The molecule has 0 saturated heterocycles. The van der Waals surface area contributed by atoms with Crippen molar-refractivity contribution in [3.8, 4) is 0 Å². The molecule has 11 heavy (non-hydrogen) atoms. The Kier molecular flexibility index (Phi) is 2.25. The third kappa shape index (κ3) is 1.77. The molecular weight excluding hydrogens is 162 g/mol. The van der Waals surface area contributed by atoms with E-state index in [0.717, 1.165) is 5.56 Å². The molecule has 0 aliphatic heterocycles. The van der Waals surface area contributed by atoms with E-state index in [0.29, 0.717) is 10.7 Å². The van der Waals surface area contributed by atoms with E-state index < -0.39 is 0 Å². The Morgan fingerprint density at radius 2 is 2.27 bits per heavy atom. The van der Waals surface area contributed by atoms with Gasteiger partial charge in [-0.15, -0.1) is 0 Å². The number of pyridine rings is 1. The molecule has 0 spiro atoms. The monoisotopic (exact) mass is 169 g/mol. The second-order valence-corrected chi connectivity index (χ2v) is 2.75. The lowest BCUT2D eigenvalue weighted by atomic mass is 10.2. The zero-order chi connectivity index (χ0) is 8.43. The summed E-state index contributed by atoms with van der Waals surface area (Å²) >= 11 is 5.66. The Morgan fingerprint density at radius 3 is 2.73 bits per heavy atom. The summed E-state index contributed by atoms with van der Waals surface area (Å²) in [5, 5.41) is 0.454. The van der Waals surface area contributed by atoms with E-state index in [1.165, 1.54) is 13.1 Å². The molecule has 1 aromatic heterocycles. The molecule has 1 rings (SSSR count). The molecule has 0 saturated carbocycles. The van der Waals surface area contributed by atoms with Crippen LogP contribution in [0.3, 0.4) is 0 Å². The molecule has 0 bridgehead atoms. The number of aromatic nitrogens is 1. The van der Waals surface area contributed by atoms with Gasteiger partial charge in [0.25, 0.3) is 0 Å². The quantitative estimate of drug-likeness (QED) is 0.477. The average molecular weight is 170 g/mol. The van der Waals surface area contributed by atoms with E-state index in [-0.39, 0.29) is 5.78 Å². The predicted octanol–water partition coefficient (Wildman–Crippen LogP) is 2.25. The van der Waals surface area contributed by atoms with Crippen molar-refractivity contribution in [2.45, 2.75) is 13.8 Å². The average Bonchev–Trinajstić information content (AvgIpc) is 1.94. The lowest BCUT2D eigenvalue weighted by Crippen LogP contribution is -1.94. The molecule has 0 N–H and O–H groups in total. The number of Topliss-reactive ketones (excluding diaryl/α,β-unsaturated/α-hetero) is 1. The van der Waals surface area contributed by atoms with E-state index in [2.05, 4.69) is 4.98 Å². The van der Waals surface area contributed by atoms with Crippen molar-refractivity contribution in [3.05, 3.63) is 28.5 Å². The number of carbonyl (C=O) groups excluding carboxylic acids is 1. The Morgan fingerprint density at radius 1 is 1.64 bits per heavy atom. The van der Waals surface area contributed by atoms with Crippen molar-refractivity contribution in [2.24, 2.45) is 0 Å². The van der Waals surface area contributed by atoms with Crippen molar-refractivity contribution in [1.82, 2.24) is 4.98 Å². The van der Waals surface area contributed by atoms with E-state index >= 15 is 0 Å². The molecule has 58 valence electrons. The van der Waals surface area contributed by atoms with Gasteiger partial charge in [0, 0.05) is 11.8 Å². The molecular formula is C8H8ClNO. The fourth-order valence-electron chi connectivity index (χ4n) is 0.751. The number of rotatable bonds is 1. The van der Waals surface area contributed by atoms with E-state index in [4.69, 9.17) is 11.6 Å². The summed E-state index contributed by atoms with van der Waals surface area (Å²) in [7, 11) is 0. The molecule has 3 heteroatoms. The highest BCUT2D eigenvalue weighted by molar-refractivity contribution is 6.30. The zero-order valence-corrected chi connectivity index (χ0v) is 7.14. The smallest absolute Gasteiger partial charge is 0.161 e. The highest BCUT2D eigenvalue weighted by Crippen LogP contribution is 2.12. The molecule has 0 aromatic carbocycles. The molecule has 0 atom stereocenters. The van der Waals surface area contributed by atoms with Crippen LogP contribution in [0.1, 0.15) is 22.8 Å². The Labute approximate surface area is 70.2 Å². The lowest BCUT2D eigenvalue weighted by molar-refractivity contribution is 0.101. The first-order valence-electron chi connectivity index (χ1n) is 3.24. The van der Waals surface area contributed by atoms with Crippen LogP contribution < -0.4 is 0 Å². The minimum Gasteiger partial charge on any atom is -0.294 e. The first-order chi connectivity index (χ1) is 5.11. The van der Waals surface area contributed by atoms with Crippen LogP contribution in [0.4, 0.5) is 0 Å². The summed E-state index contributed by atoms with van der Waals surface area (Å²) < 4.78 is 0. The number of carbonyl (C=O) groups is 1. The van der Waals surface area contributed by atoms with E-state index in [1.807, 2.05) is 6.92 Å². The van der Waals surface area contributed by atoms with Crippen LogP contribution in [-0.4, -0.2) is 10.8 Å². The van der Waals surface area contributed by atoms with Gasteiger partial charge in [-0.3, -0.25) is 4.79 Å². The van der Waals surface area contributed by atoms with Crippen molar-refractivity contribution >= 4 is 17.4 Å². The topological polar surface area (TPSA) is 30.0 Å². The fourth-order valence-corrected chi connectivity index (χ4v) is 0.854. The zero-order valence-electron chi connectivity index (χ0n) is 6.39. The van der Waals surface area contributed by atoms with Gasteiger partial charge in [0.2, 0.25) is 0 Å². The largest absolute Gasteiger partial charge is 0.294 e. The van der Waals surface area contributed by atoms with Gasteiger partial charge in [-0.1, -0.05) is 11.6 Å². The minimum absolute atomic E-state index is 0.0114. The van der Waals surface area contributed by atoms with Crippen molar-refractivity contribution in [3.63, 3.8) is 0 Å². The number of halogens is 1. The van der Waals surface area contributed by atoms with Gasteiger partial charge in [-0.05, 0) is 25.5 Å². The standard InChI is InChI=1S/C8H8ClNO/c1-5-3-7(6(2)11)4-10-8(5)9/h3-4H,1-2H3. The van der Waals surface area contributed by atoms with Crippen molar-refractivity contribution < 1.29 is 4.79 Å². The molecule has 0 amide bonds. The first-order valence-corrected chi connectivity index (χ1v) is 3.62. The van der Waals surface area contributed by atoms with Crippen LogP contribution in [-0.2, 0) is 0 Å². The maximum absolute atomic E-state index is 10.8. The van der Waals surface area contributed by atoms with Gasteiger partial charge >= 0.3 is 0 Å². The third-order valence-electron chi connectivity index (χ3n) is 1.42. The molecule has 0 radical (unpaired) electrons. The molecule has 0 aliphatic rings. The first kappa shape index (κ1) is 8.21. The summed E-state index contributed by atoms with van der Waals surface area (Å²) in [6.07, 6.45) is 1.48. The highest BCUT2D eigenvalue weighted by Gasteiger charge is 2.01. The van der Waals surface area contributed by atoms with Crippen LogP contribution >= 0.6 is 11.6 Å². The molecule has 2 nitrogen and oxygen atoms in total. The SMILES string of the molecule is CC(=O)c1cnc(Cl)c(C)c1. The van der Waals surface area contributed by atoms with Gasteiger partial charge in [0.05, 0.1) is 0 Å². The summed E-state index contributed by atoms with van der Waals surface area (Å²) in [4.78, 5) is 14.7. The summed E-state index contributed by atoms with van der Waals surface area (Å²) in [6.45, 7) is 3.33. The van der Waals surface area contributed by atoms with Gasteiger partial charge in [0.1, 0.15) is 5.15 Å². The lowest BCUT2D eigenvalue weighted by Gasteiger charge is -1.97. The van der Waals surface area contributed by atoms with Crippen LogP contribution in [0.2, 0.25) is 5.15 Å². The second-order valence-electron chi connectivity index (χ2n) is 2.39. The van der Waals surface area contributed by atoms with E-state index in [9.17, 15) is 4.79 Å². The number of hydrogen-bond donors (Lipinski definition) is 0. The third-order valence-corrected chi connectivity index (χ3v) is 1.82. The number of hydrogen-bond acceptors (Lipinski definition) is 2. The maximum atomic E-state index is 10.8. The number of aryl methyl sites for hydroxylation is 1. The fraction of sp³-hybridized carbons (Fsp3) is 0.250. The number of nitrogens with zero attached hydrogens (tertiary/aromatic N) is 1. The molecule has 1 heterocycles. The predicted molar refractivity (Wildman–Crippen MR) is 44.0 cm³/mol. The number of ketones is 1. The molecule has 0 fully saturated rings. The van der Waals surface area contributed by atoms with Crippen molar-refractivity contribution in [2.75, 3.05) is 0 Å². The summed E-state index contributed by atoms with van der Waals surface area (Å²) in [6, 6.07) is 1.73. The highest BCUT2D eigenvalue weighted by atomic mass is 35.5. The Balaban J connectivity index is 3.15. The van der Waals surface area contributed by atoms with Gasteiger partial charge < -0.3 is 0 Å². The maximum Gasteiger partial charge on any atom is 0.161 e. The van der Waals surface area contributed by atoms with Crippen LogP contribution in [0.15, 0.2) is 12.3 Å². The minimum atomic E-state index is 0.0114. The van der Waals surface area contributed by atoms with Crippen LogP contribution in [0.5, 0.6) is 0 Å². The van der Waals surface area contributed by atoms with Crippen molar-refractivity contribution in [1.29, 1.82) is 0 Å². The van der Waals surface area contributed by atoms with Crippen LogP contribution in [0.25, 0.3) is 0 Å². The van der Waals surface area contributed by atoms with Crippen LogP contribution in [0, 0.1) is 6.92 Å². The van der Waals surface area contributed by atoms with E-state index in [1.54, 1.807) is 6.07 Å². The second kappa shape index (κ2) is 3.01. The summed E-state index contributed by atoms with van der Waals surface area (Å²) in [5.41, 5.74) is 1.44. The van der Waals surface area contributed by atoms with Gasteiger partial charge in [-0.25, -0.2) is 4.98 Å². The molecule has 0 unspecified atom stereocenters. The Hall–Kier alpha value is -0.890. The molecule has 1 aromatic rings. The van der Waals surface area contributed by atoms with Gasteiger partial charge in [-0.2, -0.15) is 0 Å². The Bertz CT molecular complexity index is 296. The normalized spacial score (nSPS) is 9.73.